The highest BCUT2D eigenvalue weighted by Crippen LogP contribution is 2.53. The number of nitrogens with zero attached hydrogens (tertiary/aromatic N) is 2. The van der Waals surface area contributed by atoms with Crippen LogP contribution in [-0.2, 0) is 5.41 Å². The number of aromatic nitrogens is 2. The molecule has 0 saturated carbocycles. The summed E-state index contributed by atoms with van der Waals surface area (Å²) >= 11 is 0. The Kier molecular flexibility index (Phi) is 4.00. The van der Waals surface area contributed by atoms with Crippen LogP contribution in [0.1, 0.15) is 25.0 Å². The first-order chi connectivity index (χ1) is 18.1. The average molecular weight is 477 g/mol. The number of rotatable bonds is 2. The van der Waals surface area contributed by atoms with Crippen molar-refractivity contribution in [3.8, 4) is 27.9 Å². The first-order valence-electron chi connectivity index (χ1n) is 12.7. The first-order valence-corrected chi connectivity index (χ1v) is 12.7. The van der Waals surface area contributed by atoms with Gasteiger partial charge < -0.3 is 8.98 Å². The fourth-order valence-electron chi connectivity index (χ4n) is 6.48. The maximum atomic E-state index is 5.90. The number of fused-ring (bicyclic) bond motifs is 8. The van der Waals surface area contributed by atoms with Gasteiger partial charge in [0, 0.05) is 16.2 Å². The summed E-state index contributed by atoms with van der Waals surface area (Å²) in [5.41, 5.74) is 12.6. The molecule has 0 radical (unpaired) electrons. The molecule has 0 saturated heterocycles. The molecule has 1 aliphatic rings. The summed E-state index contributed by atoms with van der Waals surface area (Å²) in [6.45, 7) is 4.70. The normalized spacial score (nSPS) is 13.9. The highest BCUT2D eigenvalue weighted by Gasteiger charge is 2.38. The third kappa shape index (κ3) is 2.69. The van der Waals surface area contributed by atoms with Crippen molar-refractivity contribution in [3.63, 3.8) is 0 Å². The van der Waals surface area contributed by atoms with Crippen LogP contribution in [0, 0.1) is 0 Å². The van der Waals surface area contributed by atoms with Crippen LogP contribution >= 0.6 is 0 Å². The molecule has 1 aliphatic carbocycles. The van der Waals surface area contributed by atoms with Gasteiger partial charge in [-0.05, 0) is 51.6 Å². The number of oxazole rings is 1. The Hall–Kier alpha value is -4.63. The van der Waals surface area contributed by atoms with Crippen LogP contribution in [0.3, 0.4) is 0 Å². The van der Waals surface area contributed by atoms with Crippen LogP contribution in [0.15, 0.2) is 114 Å². The van der Waals surface area contributed by atoms with E-state index in [0.29, 0.717) is 0 Å². The van der Waals surface area contributed by atoms with Crippen LogP contribution < -0.4 is 0 Å². The molecule has 3 heteroatoms. The van der Waals surface area contributed by atoms with Crippen LogP contribution in [0.2, 0.25) is 0 Å². The first kappa shape index (κ1) is 20.6. The minimum Gasteiger partial charge on any atom is -0.443 e. The second kappa shape index (κ2) is 7.21. The van der Waals surface area contributed by atoms with Crippen LogP contribution in [-0.4, -0.2) is 9.55 Å². The second-order valence-electron chi connectivity index (χ2n) is 10.5. The summed E-state index contributed by atoms with van der Waals surface area (Å²) in [5, 5.41) is 2.51. The molecule has 7 aromatic rings. The van der Waals surface area contributed by atoms with Gasteiger partial charge in [-0.15, -0.1) is 0 Å². The molecule has 0 unspecified atom stereocenters. The lowest BCUT2D eigenvalue weighted by atomic mass is 9.81. The van der Waals surface area contributed by atoms with Crippen LogP contribution in [0.4, 0.5) is 0 Å². The third-order valence-corrected chi connectivity index (χ3v) is 8.12. The van der Waals surface area contributed by atoms with Gasteiger partial charge in [-0.2, -0.15) is 0 Å². The monoisotopic (exact) mass is 476 g/mol. The molecule has 176 valence electrons. The molecule has 0 N–H and O–H groups in total. The number of para-hydroxylation sites is 1. The number of hydrogen-bond donors (Lipinski definition) is 0. The molecule has 2 heterocycles. The smallest absolute Gasteiger partial charge is 0.182 e. The SMILES string of the molecule is CC1(C)c2ccccc2-c2ccc3c4ccccc4n(-c4cc(-c5ccccc5)cc5ocnc45)c3c21. The molecule has 0 atom stereocenters. The second-order valence-corrected chi connectivity index (χ2v) is 10.5. The van der Waals surface area contributed by atoms with E-state index >= 15 is 0 Å². The van der Waals surface area contributed by atoms with E-state index in [4.69, 9.17) is 9.40 Å². The zero-order valence-corrected chi connectivity index (χ0v) is 20.7. The van der Waals surface area contributed by atoms with E-state index < -0.39 is 0 Å². The fourth-order valence-corrected chi connectivity index (χ4v) is 6.48. The molecule has 37 heavy (non-hydrogen) atoms. The fraction of sp³-hybridized carbons (Fsp3) is 0.0882. The lowest BCUT2D eigenvalue weighted by Gasteiger charge is -2.23. The quantitative estimate of drug-likeness (QED) is 0.249. The van der Waals surface area contributed by atoms with Crippen molar-refractivity contribution >= 4 is 32.9 Å². The van der Waals surface area contributed by atoms with Crippen molar-refractivity contribution in [1.29, 1.82) is 0 Å². The minimum absolute atomic E-state index is 0.141. The summed E-state index contributed by atoms with van der Waals surface area (Å²) in [4.78, 5) is 4.70. The largest absolute Gasteiger partial charge is 0.443 e. The van der Waals surface area contributed by atoms with Gasteiger partial charge in [0.25, 0.3) is 0 Å². The number of hydrogen-bond acceptors (Lipinski definition) is 2. The lowest BCUT2D eigenvalue weighted by Crippen LogP contribution is -2.16. The summed E-state index contributed by atoms with van der Waals surface area (Å²) in [7, 11) is 0. The minimum atomic E-state index is -0.141. The van der Waals surface area contributed by atoms with Crippen molar-refractivity contribution < 1.29 is 4.42 Å². The molecule has 8 rings (SSSR count). The molecule has 0 amide bonds. The Morgan fingerprint density at radius 3 is 2.38 bits per heavy atom. The van der Waals surface area contributed by atoms with Crippen molar-refractivity contribution in [2.24, 2.45) is 0 Å². The highest BCUT2D eigenvalue weighted by atomic mass is 16.3. The zero-order valence-electron chi connectivity index (χ0n) is 20.7. The van der Waals surface area contributed by atoms with Crippen molar-refractivity contribution in [1.82, 2.24) is 9.55 Å². The molecule has 3 nitrogen and oxygen atoms in total. The lowest BCUT2D eigenvalue weighted by molar-refractivity contribution is 0.602. The van der Waals surface area contributed by atoms with Crippen LogP contribution in [0.25, 0.3) is 60.8 Å². The van der Waals surface area contributed by atoms with Gasteiger partial charge in [-0.25, -0.2) is 4.98 Å². The van der Waals surface area contributed by atoms with Crippen molar-refractivity contribution in [3.05, 3.63) is 121 Å². The van der Waals surface area contributed by atoms with Crippen molar-refractivity contribution in [2.45, 2.75) is 19.3 Å². The molecular weight excluding hydrogens is 452 g/mol. The van der Waals surface area contributed by atoms with Gasteiger partial charge in [0.05, 0.1) is 16.7 Å². The van der Waals surface area contributed by atoms with Gasteiger partial charge in [-0.3, -0.25) is 0 Å². The summed E-state index contributed by atoms with van der Waals surface area (Å²) < 4.78 is 8.33. The van der Waals surface area contributed by atoms with Gasteiger partial charge in [0.15, 0.2) is 12.0 Å². The topological polar surface area (TPSA) is 31.0 Å². The molecular formula is C34H24N2O. The Morgan fingerprint density at radius 2 is 1.49 bits per heavy atom. The van der Waals surface area contributed by atoms with E-state index in [-0.39, 0.29) is 5.41 Å². The molecule has 2 aromatic heterocycles. The molecule has 5 aromatic carbocycles. The van der Waals surface area contributed by atoms with E-state index in [0.717, 1.165) is 27.9 Å². The summed E-state index contributed by atoms with van der Waals surface area (Å²) in [5.74, 6) is 0. The predicted octanol–water partition coefficient (Wildman–Crippen LogP) is 8.90. The average Bonchev–Trinajstić information content (AvgIpc) is 3.61. The highest BCUT2D eigenvalue weighted by molar-refractivity contribution is 6.14. The van der Waals surface area contributed by atoms with Gasteiger partial charge in [0.2, 0.25) is 0 Å². The molecule has 0 aliphatic heterocycles. The third-order valence-electron chi connectivity index (χ3n) is 8.12. The Labute approximate surface area is 214 Å². The summed E-state index contributed by atoms with van der Waals surface area (Å²) in [6, 6.07) is 37.0. The van der Waals surface area contributed by atoms with E-state index in [1.165, 1.54) is 44.1 Å². The maximum absolute atomic E-state index is 5.90. The van der Waals surface area contributed by atoms with Gasteiger partial charge in [-0.1, -0.05) is 98.8 Å². The Balaban J connectivity index is 1.57. The van der Waals surface area contributed by atoms with Gasteiger partial charge >= 0.3 is 0 Å². The standard InChI is InChI=1S/C34H24N2O/c1-34(2)27-14-8-6-12-23(27)25-16-17-26-24-13-7-9-15-28(24)36(33(26)31(25)34)29-18-22(21-10-4-3-5-11-21)19-30-32(29)35-20-37-30/h3-20H,1-2H3. The molecule has 0 bridgehead atoms. The van der Waals surface area contributed by atoms with E-state index in [1.807, 2.05) is 6.07 Å². The van der Waals surface area contributed by atoms with Crippen molar-refractivity contribution in [2.75, 3.05) is 0 Å². The number of benzene rings is 5. The van der Waals surface area contributed by atoms with E-state index in [1.54, 1.807) is 6.39 Å². The van der Waals surface area contributed by atoms with E-state index in [2.05, 4.69) is 115 Å². The Bertz CT molecular complexity index is 2010. The summed E-state index contributed by atoms with van der Waals surface area (Å²) in [6.07, 6.45) is 1.56. The molecule has 0 spiro atoms. The zero-order chi connectivity index (χ0) is 24.7. The maximum Gasteiger partial charge on any atom is 0.182 e. The van der Waals surface area contributed by atoms with Gasteiger partial charge in [0.1, 0.15) is 5.52 Å². The Morgan fingerprint density at radius 1 is 0.703 bits per heavy atom. The van der Waals surface area contributed by atoms with Crippen LogP contribution in [0.5, 0.6) is 0 Å². The molecule has 0 fully saturated rings. The predicted molar refractivity (Wildman–Crippen MR) is 151 cm³/mol. The van der Waals surface area contributed by atoms with E-state index in [9.17, 15) is 0 Å².